The maximum atomic E-state index is 4.84. The van der Waals surface area contributed by atoms with Crippen molar-refractivity contribution in [2.45, 2.75) is 58.5 Å². The molecule has 5 heteroatoms. The summed E-state index contributed by atoms with van der Waals surface area (Å²) in [5.74, 6) is 1.51. The van der Waals surface area contributed by atoms with Crippen molar-refractivity contribution < 1.29 is 0 Å². The quantitative estimate of drug-likeness (QED) is 0.599. The van der Waals surface area contributed by atoms with Crippen molar-refractivity contribution in [2.24, 2.45) is 0 Å². The SMILES string of the molecule is CC(C)c1nn(-c2ccccc2)cc1CNCc1ccc(N2CCCCCC2)nc1. The Hall–Kier alpha value is -2.66. The molecule has 1 saturated heterocycles. The van der Waals surface area contributed by atoms with Gasteiger partial charge in [-0.05, 0) is 42.5 Å². The third kappa shape index (κ3) is 5.08. The molecule has 3 aromatic rings. The van der Waals surface area contributed by atoms with Crippen LogP contribution in [0.5, 0.6) is 0 Å². The molecule has 1 N–H and O–H groups in total. The number of nitrogens with one attached hydrogen (secondary N) is 1. The maximum absolute atomic E-state index is 4.84. The van der Waals surface area contributed by atoms with Crippen molar-refractivity contribution in [1.29, 1.82) is 0 Å². The van der Waals surface area contributed by atoms with E-state index in [-0.39, 0.29) is 0 Å². The molecule has 158 valence electrons. The number of hydrogen-bond acceptors (Lipinski definition) is 4. The number of para-hydroxylation sites is 1. The Morgan fingerprint density at radius 1 is 0.933 bits per heavy atom. The number of anilines is 1. The highest BCUT2D eigenvalue weighted by Gasteiger charge is 2.14. The molecule has 0 unspecified atom stereocenters. The zero-order valence-corrected chi connectivity index (χ0v) is 18.2. The second-order valence-corrected chi connectivity index (χ2v) is 8.50. The zero-order chi connectivity index (χ0) is 20.8. The summed E-state index contributed by atoms with van der Waals surface area (Å²) in [4.78, 5) is 7.16. The van der Waals surface area contributed by atoms with Crippen LogP contribution >= 0.6 is 0 Å². The molecule has 3 heterocycles. The molecule has 30 heavy (non-hydrogen) atoms. The summed E-state index contributed by atoms with van der Waals surface area (Å²) in [5.41, 5.74) is 4.72. The lowest BCUT2D eigenvalue weighted by Gasteiger charge is -2.21. The van der Waals surface area contributed by atoms with Gasteiger partial charge in [-0.25, -0.2) is 9.67 Å². The molecule has 0 spiro atoms. The molecule has 0 amide bonds. The number of aromatic nitrogens is 3. The van der Waals surface area contributed by atoms with Gasteiger partial charge in [-0.15, -0.1) is 0 Å². The van der Waals surface area contributed by atoms with Crippen LogP contribution in [-0.4, -0.2) is 27.9 Å². The van der Waals surface area contributed by atoms with Crippen LogP contribution in [0.2, 0.25) is 0 Å². The highest BCUT2D eigenvalue weighted by Crippen LogP contribution is 2.21. The summed E-state index contributed by atoms with van der Waals surface area (Å²) in [7, 11) is 0. The average Bonchev–Trinajstić information content (AvgIpc) is 3.01. The topological polar surface area (TPSA) is 46.0 Å². The molecule has 2 aromatic heterocycles. The van der Waals surface area contributed by atoms with Crippen LogP contribution in [0.25, 0.3) is 5.69 Å². The molecular formula is C25H33N5. The van der Waals surface area contributed by atoms with E-state index in [9.17, 15) is 0 Å². The Morgan fingerprint density at radius 2 is 1.70 bits per heavy atom. The van der Waals surface area contributed by atoms with Crippen molar-refractivity contribution >= 4 is 5.82 Å². The van der Waals surface area contributed by atoms with Crippen molar-refractivity contribution in [2.75, 3.05) is 18.0 Å². The summed E-state index contributed by atoms with van der Waals surface area (Å²) in [5, 5.41) is 8.42. The first-order chi connectivity index (χ1) is 14.7. The fourth-order valence-corrected chi connectivity index (χ4v) is 4.11. The second-order valence-electron chi connectivity index (χ2n) is 8.50. The van der Waals surface area contributed by atoms with Crippen LogP contribution in [0.15, 0.2) is 54.9 Å². The van der Waals surface area contributed by atoms with E-state index in [1.165, 1.54) is 36.8 Å². The molecule has 0 radical (unpaired) electrons. The third-order valence-corrected chi connectivity index (χ3v) is 5.77. The highest BCUT2D eigenvalue weighted by molar-refractivity contribution is 5.39. The van der Waals surface area contributed by atoms with Crippen molar-refractivity contribution in [3.8, 4) is 5.69 Å². The molecule has 1 aliphatic heterocycles. The monoisotopic (exact) mass is 403 g/mol. The Bertz CT molecular complexity index is 906. The minimum Gasteiger partial charge on any atom is -0.357 e. The largest absolute Gasteiger partial charge is 0.357 e. The number of pyridine rings is 1. The minimum absolute atomic E-state index is 0.390. The number of hydrogen-bond donors (Lipinski definition) is 1. The predicted molar refractivity (Wildman–Crippen MR) is 123 cm³/mol. The molecule has 1 aromatic carbocycles. The molecule has 1 fully saturated rings. The summed E-state index contributed by atoms with van der Waals surface area (Å²) >= 11 is 0. The average molecular weight is 404 g/mol. The first-order valence-electron chi connectivity index (χ1n) is 11.2. The van der Waals surface area contributed by atoms with E-state index >= 15 is 0 Å². The Balaban J connectivity index is 1.37. The van der Waals surface area contributed by atoms with E-state index < -0.39 is 0 Å². The van der Waals surface area contributed by atoms with Crippen LogP contribution < -0.4 is 10.2 Å². The molecule has 5 nitrogen and oxygen atoms in total. The van der Waals surface area contributed by atoms with Crippen LogP contribution in [0.3, 0.4) is 0 Å². The second kappa shape index (κ2) is 9.90. The normalized spacial score (nSPS) is 14.8. The number of nitrogens with zero attached hydrogens (tertiary/aromatic N) is 4. The highest BCUT2D eigenvalue weighted by atomic mass is 15.3. The maximum Gasteiger partial charge on any atom is 0.128 e. The lowest BCUT2D eigenvalue weighted by Crippen LogP contribution is -2.24. The van der Waals surface area contributed by atoms with Gasteiger partial charge in [-0.2, -0.15) is 5.10 Å². The fourth-order valence-electron chi connectivity index (χ4n) is 4.11. The van der Waals surface area contributed by atoms with Gasteiger partial charge in [-0.1, -0.05) is 51.0 Å². The van der Waals surface area contributed by atoms with Gasteiger partial charge < -0.3 is 10.2 Å². The molecule has 0 saturated carbocycles. The van der Waals surface area contributed by atoms with E-state index in [1.54, 1.807) is 0 Å². The van der Waals surface area contributed by atoms with Crippen molar-refractivity contribution in [3.05, 3.63) is 71.7 Å². The van der Waals surface area contributed by atoms with Crippen LogP contribution in [0.4, 0.5) is 5.82 Å². The lowest BCUT2D eigenvalue weighted by molar-refractivity contribution is 0.677. The van der Waals surface area contributed by atoms with Gasteiger partial charge in [-0.3, -0.25) is 0 Å². The fraction of sp³-hybridized carbons (Fsp3) is 0.440. The Labute approximate surface area is 180 Å². The third-order valence-electron chi connectivity index (χ3n) is 5.77. The molecule has 1 aliphatic rings. The Morgan fingerprint density at radius 3 is 2.37 bits per heavy atom. The van der Waals surface area contributed by atoms with Gasteiger partial charge in [0.1, 0.15) is 5.82 Å². The lowest BCUT2D eigenvalue weighted by atomic mass is 10.1. The summed E-state index contributed by atoms with van der Waals surface area (Å²) < 4.78 is 1.99. The summed E-state index contributed by atoms with van der Waals surface area (Å²) in [6.45, 7) is 8.27. The van der Waals surface area contributed by atoms with E-state index in [0.29, 0.717) is 5.92 Å². The molecule has 4 rings (SSSR count). The van der Waals surface area contributed by atoms with Crippen molar-refractivity contribution in [3.63, 3.8) is 0 Å². The van der Waals surface area contributed by atoms with Crippen molar-refractivity contribution in [1.82, 2.24) is 20.1 Å². The van der Waals surface area contributed by atoms with Gasteiger partial charge in [0.05, 0.1) is 11.4 Å². The van der Waals surface area contributed by atoms with Crippen LogP contribution in [-0.2, 0) is 13.1 Å². The zero-order valence-electron chi connectivity index (χ0n) is 18.2. The number of benzene rings is 1. The molecule has 0 bridgehead atoms. The molecule has 0 aliphatic carbocycles. The molecular weight excluding hydrogens is 370 g/mol. The Kier molecular flexibility index (Phi) is 6.80. The van der Waals surface area contributed by atoms with E-state index in [1.807, 2.05) is 29.1 Å². The first-order valence-corrected chi connectivity index (χ1v) is 11.2. The number of rotatable bonds is 7. The molecule has 0 atom stereocenters. The van der Waals surface area contributed by atoms with Crippen LogP contribution in [0, 0.1) is 0 Å². The van der Waals surface area contributed by atoms with E-state index in [4.69, 9.17) is 10.1 Å². The van der Waals surface area contributed by atoms with E-state index in [2.05, 4.69) is 54.5 Å². The standard InChI is InChI=1S/C25H33N5/c1-20(2)25-22(19-30(28-25)23-10-6-5-7-11-23)18-26-16-21-12-13-24(27-17-21)29-14-8-3-4-9-15-29/h5-7,10-13,17,19-20,26H,3-4,8-9,14-16,18H2,1-2H3. The van der Waals surface area contributed by atoms with Gasteiger partial charge in [0.2, 0.25) is 0 Å². The van der Waals surface area contributed by atoms with E-state index in [0.717, 1.165) is 43.4 Å². The predicted octanol–water partition coefficient (Wildman–Crippen LogP) is 5.06. The first kappa shape index (κ1) is 20.6. The van der Waals surface area contributed by atoms with Gasteiger partial charge in [0, 0.05) is 44.1 Å². The van der Waals surface area contributed by atoms with Gasteiger partial charge >= 0.3 is 0 Å². The van der Waals surface area contributed by atoms with Gasteiger partial charge in [0.25, 0.3) is 0 Å². The minimum atomic E-state index is 0.390. The van der Waals surface area contributed by atoms with Gasteiger partial charge in [0.15, 0.2) is 0 Å². The summed E-state index contributed by atoms with van der Waals surface area (Å²) in [6, 6.07) is 14.7. The summed E-state index contributed by atoms with van der Waals surface area (Å²) in [6.07, 6.45) is 9.41. The smallest absolute Gasteiger partial charge is 0.128 e. The van der Waals surface area contributed by atoms with Crippen LogP contribution in [0.1, 0.15) is 62.3 Å².